The number of alkyl halides is 1. The zero-order chi connectivity index (χ0) is 9.84. The van der Waals surface area contributed by atoms with Gasteiger partial charge in [0.25, 0.3) is 0 Å². The van der Waals surface area contributed by atoms with Crippen molar-refractivity contribution in [3.05, 3.63) is 5.21 Å². The van der Waals surface area contributed by atoms with E-state index < -0.39 is 5.56 Å². The topological polar surface area (TPSA) is 71.1 Å². The fraction of sp³-hybridized carbons (Fsp3) is 1.00. The van der Waals surface area contributed by atoms with Gasteiger partial charge in [-0.25, -0.2) is 0 Å². The van der Waals surface area contributed by atoms with Crippen LogP contribution in [-0.2, 0) is 4.84 Å². The summed E-state index contributed by atoms with van der Waals surface area (Å²) in [5, 5.41) is 24.4. The van der Waals surface area contributed by atoms with Crippen LogP contribution in [0.5, 0.6) is 0 Å². The van der Waals surface area contributed by atoms with Gasteiger partial charge in [0.2, 0.25) is 10.8 Å². The number of rotatable bonds is 4. The molecule has 0 aliphatic carbocycles. The van der Waals surface area contributed by atoms with Crippen LogP contribution in [0.4, 0.5) is 0 Å². The van der Waals surface area contributed by atoms with Crippen LogP contribution in [-0.4, -0.2) is 39.8 Å². The van der Waals surface area contributed by atoms with E-state index in [0.29, 0.717) is 11.5 Å². The second-order valence-electron chi connectivity index (χ2n) is 2.77. The molecule has 0 aromatic heterocycles. The molecule has 1 aliphatic heterocycles. The molecule has 1 rings (SSSR count). The lowest BCUT2D eigenvalue weighted by atomic mass is 10.1. The number of aliphatic hydroxyl groups excluding tert-OH is 1. The minimum atomic E-state index is -0.634. The molecule has 0 spiro atoms. The van der Waals surface area contributed by atoms with Gasteiger partial charge in [0.15, 0.2) is 0 Å². The summed E-state index contributed by atoms with van der Waals surface area (Å²) in [4.78, 5) is 4.86. The predicted molar refractivity (Wildman–Crippen MR) is 44.7 cm³/mol. The number of halogens is 1. The van der Waals surface area contributed by atoms with E-state index in [9.17, 15) is 5.21 Å². The molecule has 0 aromatic carbocycles. The Hall–Kier alpha value is -0.750. The zero-order valence-corrected chi connectivity index (χ0v) is 8.02. The first-order chi connectivity index (χ1) is 6.15. The summed E-state index contributed by atoms with van der Waals surface area (Å²) in [5.41, 5.74) is -0.634. The molecule has 0 amide bonds. The Kier molecular flexibility index (Phi) is 3.56. The molecule has 0 bridgehead atoms. The molecule has 1 unspecified atom stereocenters. The third kappa shape index (κ3) is 2.60. The minimum Gasteiger partial charge on any atom is -0.569 e. The third-order valence-electron chi connectivity index (χ3n) is 1.81. The van der Waals surface area contributed by atoms with Crippen molar-refractivity contribution in [1.29, 1.82) is 0 Å². The van der Waals surface area contributed by atoms with E-state index in [-0.39, 0.29) is 12.6 Å². The fourth-order valence-corrected chi connectivity index (χ4v) is 1.03. The number of hydrazine groups is 1. The Morgan fingerprint density at radius 2 is 2.62 bits per heavy atom. The summed E-state index contributed by atoms with van der Waals surface area (Å²) in [6, 6.07) is -0.143. The van der Waals surface area contributed by atoms with E-state index in [4.69, 9.17) is 16.7 Å². The summed E-state index contributed by atoms with van der Waals surface area (Å²) in [6.45, 7) is 2.08. The van der Waals surface area contributed by atoms with Crippen molar-refractivity contribution in [3.63, 3.8) is 0 Å². The van der Waals surface area contributed by atoms with Crippen molar-refractivity contribution in [2.24, 2.45) is 5.28 Å². The van der Waals surface area contributed by atoms with Gasteiger partial charge < -0.3 is 15.2 Å². The van der Waals surface area contributed by atoms with Crippen molar-refractivity contribution in [3.8, 4) is 0 Å². The molecule has 1 aliphatic rings. The van der Waals surface area contributed by atoms with E-state index in [2.05, 4.69) is 10.1 Å². The monoisotopic (exact) mass is 209 g/mol. The van der Waals surface area contributed by atoms with Gasteiger partial charge in [0.1, 0.15) is 6.04 Å². The molecule has 7 heteroatoms. The van der Waals surface area contributed by atoms with Crippen molar-refractivity contribution in [2.45, 2.75) is 24.9 Å². The Morgan fingerprint density at radius 3 is 3.00 bits per heavy atom. The predicted octanol–water partition coefficient (Wildman–Crippen LogP) is 0.447. The van der Waals surface area contributed by atoms with Gasteiger partial charge in [-0.2, -0.15) is 0 Å². The molecule has 1 saturated heterocycles. The molecule has 1 heterocycles. The molecule has 0 aromatic rings. The van der Waals surface area contributed by atoms with Crippen molar-refractivity contribution in [2.75, 3.05) is 13.2 Å². The van der Waals surface area contributed by atoms with Gasteiger partial charge in [-0.15, -0.1) is 5.01 Å². The first-order valence-corrected chi connectivity index (χ1v) is 4.44. The smallest absolute Gasteiger partial charge is 0.234 e. The lowest BCUT2D eigenvalue weighted by molar-refractivity contribution is -0.732. The van der Waals surface area contributed by atoms with Gasteiger partial charge in [0, 0.05) is 0 Å². The maximum atomic E-state index is 11.1. The lowest BCUT2D eigenvalue weighted by Gasteiger charge is -2.33. The third-order valence-corrected chi connectivity index (χ3v) is 1.89. The molecular weight excluding hydrogens is 198 g/mol. The van der Waals surface area contributed by atoms with Crippen LogP contribution in [0.25, 0.3) is 0 Å². The Morgan fingerprint density at radius 1 is 1.92 bits per heavy atom. The molecule has 1 fully saturated rings. The minimum absolute atomic E-state index is 0.0509. The summed E-state index contributed by atoms with van der Waals surface area (Å²) < 4.78 is 0. The fourth-order valence-electron chi connectivity index (χ4n) is 0.990. The highest BCUT2D eigenvalue weighted by molar-refractivity contribution is 6.19. The zero-order valence-electron chi connectivity index (χ0n) is 7.26. The largest absolute Gasteiger partial charge is 0.569 e. The normalized spacial score (nSPS) is 25.3. The van der Waals surface area contributed by atoms with Gasteiger partial charge >= 0.3 is 0 Å². The molecule has 76 valence electrons. The maximum Gasteiger partial charge on any atom is 0.234 e. The van der Waals surface area contributed by atoms with E-state index in [0.717, 1.165) is 6.42 Å². The first-order valence-electron chi connectivity index (χ1n) is 4.00. The van der Waals surface area contributed by atoms with E-state index in [1.165, 1.54) is 5.01 Å². The van der Waals surface area contributed by atoms with Crippen LogP contribution < -0.4 is 0 Å². The van der Waals surface area contributed by atoms with Crippen LogP contribution >= 0.6 is 11.6 Å². The van der Waals surface area contributed by atoms with Crippen molar-refractivity contribution < 1.29 is 14.9 Å². The Balaban J connectivity index is 2.38. The number of aliphatic hydroxyl groups is 1. The number of nitrogens with zero attached hydrogens (tertiary/aromatic N) is 3. The average molecular weight is 210 g/mol. The highest BCUT2D eigenvalue weighted by Gasteiger charge is 2.34. The molecular formula is C6H12ClN3O3. The van der Waals surface area contributed by atoms with E-state index >= 15 is 0 Å². The van der Waals surface area contributed by atoms with Crippen LogP contribution in [0.3, 0.4) is 0 Å². The van der Waals surface area contributed by atoms with Crippen LogP contribution in [0.1, 0.15) is 13.3 Å². The summed E-state index contributed by atoms with van der Waals surface area (Å²) in [7, 11) is 0. The number of hydrogen-bond donors (Lipinski definition) is 1. The van der Waals surface area contributed by atoms with Crippen molar-refractivity contribution >= 4 is 11.6 Å². The second-order valence-corrected chi connectivity index (χ2v) is 3.39. The summed E-state index contributed by atoms with van der Waals surface area (Å²) in [5.74, 6) is 0. The standard InChI is InChI=1S/C6H12ClN3O3/c1-5(7)13-8-10(12)9-3-2-6(9)4-11/h5-6,11H,2-4H2,1H3/b10-8-/t5?,6-/m0/s1. The Bertz CT molecular complexity index is 198. The maximum absolute atomic E-state index is 11.1. The molecule has 2 atom stereocenters. The van der Waals surface area contributed by atoms with E-state index in [1.807, 2.05) is 0 Å². The van der Waals surface area contributed by atoms with Gasteiger partial charge in [-0.3, -0.25) is 0 Å². The molecule has 0 radical (unpaired) electrons. The van der Waals surface area contributed by atoms with Crippen molar-refractivity contribution in [1.82, 2.24) is 5.01 Å². The lowest BCUT2D eigenvalue weighted by Crippen LogP contribution is -2.53. The van der Waals surface area contributed by atoms with Crippen LogP contribution in [0.15, 0.2) is 5.28 Å². The molecule has 13 heavy (non-hydrogen) atoms. The van der Waals surface area contributed by atoms with Crippen LogP contribution in [0.2, 0.25) is 0 Å². The quantitative estimate of drug-likeness (QED) is 0.316. The molecule has 0 saturated carbocycles. The number of hydrogen-bond acceptors (Lipinski definition) is 4. The van der Waals surface area contributed by atoms with Crippen LogP contribution in [0, 0.1) is 5.21 Å². The summed E-state index contributed by atoms with van der Waals surface area (Å²) >= 11 is 5.41. The van der Waals surface area contributed by atoms with E-state index in [1.54, 1.807) is 6.92 Å². The molecule has 1 N–H and O–H groups in total. The highest BCUT2D eigenvalue weighted by Crippen LogP contribution is 2.16. The highest BCUT2D eigenvalue weighted by atomic mass is 35.5. The Labute approximate surface area is 80.9 Å². The SMILES string of the molecule is CC(Cl)O/N=[N+](\[O-])N1CC[C@H]1CO. The first kappa shape index (κ1) is 10.3. The van der Waals surface area contributed by atoms with Gasteiger partial charge in [0.05, 0.1) is 18.1 Å². The second kappa shape index (κ2) is 4.48. The van der Waals surface area contributed by atoms with Gasteiger partial charge in [-0.1, -0.05) is 11.6 Å². The molecule has 6 nitrogen and oxygen atoms in total. The summed E-state index contributed by atoms with van der Waals surface area (Å²) in [6.07, 6.45) is 0.793. The average Bonchev–Trinajstić information content (AvgIpc) is 2.00. The van der Waals surface area contributed by atoms with Gasteiger partial charge in [-0.05, 0) is 13.3 Å².